The van der Waals surface area contributed by atoms with Crippen molar-refractivity contribution in [2.24, 2.45) is 4.99 Å². The standard InChI is InChI=1S/C24H29N3O6/c1-30-22(28)20(16-18-10-4-2-5-11-18)25-23(27-33-21-14-8-9-15-31-21)26-24(29)32-17-19-12-6-3-7-13-19/h2-7,10-13,20-21H,8-9,14-17H2,1H3,(H2,25,26,27,29)/t20-,21?/m0/s1. The van der Waals surface area contributed by atoms with Gasteiger partial charge in [0.25, 0.3) is 0 Å². The normalized spacial score (nSPS) is 17.0. The number of hydroxylamine groups is 1. The third-order valence-corrected chi connectivity index (χ3v) is 4.89. The minimum Gasteiger partial charge on any atom is -0.467 e. The lowest BCUT2D eigenvalue weighted by Crippen LogP contribution is -2.45. The van der Waals surface area contributed by atoms with Gasteiger partial charge in [0.15, 0.2) is 12.3 Å². The Labute approximate surface area is 193 Å². The minimum atomic E-state index is -0.912. The first-order valence-corrected chi connectivity index (χ1v) is 10.8. The van der Waals surface area contributed by atoms with Gasteiger partial charge in [0.2, 0.25) is 5.96 Å². The molecule has 0 spiro atoms. The van der Waals surface area contributed by atoms with E-state index >= 15 is 0 Å². The summed E-state index contributed by atoms with van der Waals surface area (Å²) in [5.41, 5.74) is 4.34. The molecular weight excluding hydrogens is 426 g/mol. The van der Waals surface area contributed by atoms with Crippen LogP contribution in [0.1, 0.15) is 30.4 Å². The number of amides is 1. The number of nitrogens with zero attached hydrogens (tertiary/aromatic N) is 1. The summed E-state index contributed by atoms with van der Waals surface area (Å²) in [5, 5.41) is 2.51. The highest BCUT2D eigenvalue weighted by Gasteiger charge is 2.22. The van der Waals surface area contributed by atoms with Gasteiger partial charge in [-0.2, -0.15) is 0 Å². The summed E-state index contributed by atoms with van der Waals surface area (Å²) in [4.78, 5) is 34.7. The van der Waals surface area contributed by atoms with Crippen LogP contribution in [0.5, 0.6) is 0 Å². The summed E-state index contributed by atoms with van der Waals surface area (Å²) >= 11 is 0. The highest BCUT2D eigenvalue weighted by Crippen LogP contribution is 2.13. The number of esters is 1. The molecule has 0 aromatic heterocycles. The molecule has 1 amide bonds. The van der Waals surface area contributed by atoms with Crippen molar-refractivity contribution in [2.75, 3.05) is 13.7 Å². The Hall–Kier alpha value is -3.43. The third-order valence-electron chi connectivity index (χ3n) is 4.89. The predicted octanol–water partition coefficient (Wildman–Crippen LogP) is 3.10. The number of hydrogen-bond donors (Lipinski definition) is 2. The van der Waals surface area contributed by atoms with Crippen molar-refractivity contribution >= 4 is 18.0 Å². The highest BCUT2D eigenvalue weighted by molar-refractivity contribution is 5.94. The Morgan fingerprint density at radius 2 is 1.76 bits per heavy atom. The second-order valence-corrected chi connectivity index (χ2v) is 7.41. The number of ether oxygens (including phenoxy) is 3. The Morgan fingerprint density at radius 3 is 2.39 bits per heavy atom. The smallest absolute Gasteiger partial charge is 0.414 e. The topological polar surface area (TPSA) is 107 Å². The average molecular weight is 456 g/mol. The molecule has 176 valence electrons. The van der Waals surface area contributed by atoms with Crippen molar-refractivity contribution in [3.63, 3.8) is 0 Å². The van der Waals surface area contributed by atoms with E-state index in [1.165, 1.54) is 7.11 Å². The van der Waals surface area contributed by atoms with Crippen LogP contribution < -0.4 is 10.8 Å². The second kappa shape index (κ2) is 13.2. The molecule has 0 aliphatic carbocycles. The van der Waals surface area contributed by atoms with Gasteiger partial charge >= 0.3 is 12.1 Å². The van der Waals surface area contributed by atoms with E-state index in [0.717, 1.165) is 24.0 Å². The van der Waals surface area contributed by atoms with Crippen LogP contribution in [0.25, 0.3) is 0 Å². The van der Waals surface area contributed by atoms with Gasteiger partial charge in [0.05, 0.1) is 7.11 Å². The highest BCUT2D eigenvalue weighted by atomic mass is 16.8. The molecule has 3 rings (SSSR count). The Morgan fingerprint density at radius 1 is 1.06 bits per heavy atom. The Kier molecular flexibility index (Phi) is 9.68. The van der Waals surface area contributed by atoms with Crippen LogP contribution in [0, 0.1) is 0 Å². The number of alkyl carbamates (subject to hydrolysis) is 1. The summed E-state index contributed by atoms with van der Waals surface area (Å²) in [7, 11) is 1.29. The fourth-order valence-electron chi connectivity index (χ4n) is 3.18. The van der Waals surface area contributed by atoms with Gasteiger partial charge < -0.3 is 14.2 Å². The maximum absolute atomic E-state index is 12.4. The number of guanidine groups is 1. The number of aliphatic imine (C=N–C) groups is 1. The summed E-state index contributed by atoms with van der Waals surface area (Å²) < 4.78 is 15.7. The van der Waals surface area contributed by atoms with Crippen LogP contribution in [-0.2, 0) is 36.9 Å². The van der Waals surface area contributed by atoms with Crippen molar-refractivity contribution in [3.8, 4) is 0 Å². The maximum atomic E-state index is 12.4. The van der Waals surface area contributed by atoms with Crippen LogP contribution in [0.15, 0.2) is 65.7 Å². The molecule has 1 heterocycles. The summed E-state index contributed by atoms with van der Waals surface area (Å²) in [5.74, 6) is -0.625. The molecule has 2 N–H and O–H groups in total. The zero-order chi connectivity index (χ0) is 23.3. The van der Waals surface area contributed by atoms with Gasteiger partial charge in [-0.05, 0) is 24.0 Å². The zero-order valence-electron chi connectivity index (χ0n) is 18.6. The molecule has 33 heavy (non-hydrogen) atoms. The number of rotatable bonds is 8. The van der Waals surface area contributed by atoms with E-state index < -0.39 is 24.4 Å². The van der Waals surface area contributed by atoms with Gasteiger partial charge in [-0.25, -0.2) is 24.9 Å². The lowest BCUT2D eigenvalue weighted by molar-refractivity contribution is -0.183. The van der Waals surface area contributed by atoms with Crippen molar-refractivity contribution in [1.82, 2.24) is 10.8 Å². The molecule has 2 aromatic carbocycles. The van der Waals surface area contributed by atoms with Crippen LogP contribution in [0.2, 0.25) is 0 Å². The Bertz CT molecular complexity index is 901. The molecule has 9 heteroatoms. The van der Waals surface area contributed by atoms with E-state index in [1.807, 2.05) is 60.7 Å². The van der Waals surface area contributed by atoms with Crippen molar-refractivity contribution < 1.29 is 28.6 Å². The summed E-state index contributed by atoms with van der Waals surface area (Å²) in [6.45, 7) is 0.668. The fourth-order valence-corrected chi connectivity index (χ4v) is 3.18. The van der Waals surface area contributed by atoms with Gasteiger partial charge in [-0.1, -0.05) is 60.7 Å². The second-order valence-electron chi connectivity index (χ2n) is 7.41. The number of hydrogen-bond acceptors (Lipinski definition) is 7. The van der Waals surface area contributed by atoms with E-state index in [-0.39, 0.29) is 19.0 Å². The molecule has 2 aromatic rings. The number of carbonyl (C=O) groups is 2. The summed E-state index contributed by atoms with van der Waals surface area (Å²) in [6.07, 6.45) is 1.66. The fraction of sp³-hybridized carbons (Fsp3) is 0.375. The molecule has 1 aliphatic rings. The molecule has 9 nitrogen and oxygen atoms in total. The monoisotopic (exact) mass is 455 g/mol. The molecular formula is C24H29N3O6. The molecule has 0 bridgehead atoms. The number of nitrogens with one attached hydrogen (secondary N) is 2. The molecule has 0 saturated carbocycles. The SMILES string of the molecule is COC(=O)[C@H](Cc1ccccc1)N=C(NOC1CCCCO1)NC(=O)OCc1ccccc1. The lowest BCUT2D eigenvalue weighted by Gasteiger charge is -2.23. The predicted molar refractivity (Wildman–Crippen MR) is 121 cm³/mol. The van der Waals surface area contributed by atoms with Gasteiger partial charge in [-0.3, -0.25) is 5.32 Å². The molecule has 1 fully saturated rings. The van der Waals surface area contributed by atoms with Gasteiger partial charge in [0.1, 0.15) is 6.61 Å². The van der Waals surface area contributed by atoms with Crippen LogP contribution in [0.4, 0.5) is 4.79 Å². The van der Waals surface area contributed by atoms with Crippen molar-refractivity contribution in [1.29, 1.82) is 0 Å². The first-order valence-electron chi connectivity index (χ1n) is 10.8. The van der Waals surface area contributed by atoms with Crippen molar-refractivity contribution in [3.05, 3.63) is 71.8 Å². The van der Waals surface area contributed by atoms with E-state index in [0.29, 0.717) is 13.0 Å². The average Bonchev–Trinajstić information content (AvgIpc) is 2.87. The zero-order valence-corrected chi connectivity index (χ0v) is 18.6. The molecule has 2 atom stereocenters. The van der Waals surface area contributed by atoms with Crippen molar-refractivity contribution in [2.45, 2.75) is 44.6 Å². The number of methoxy groups -OCH3 is 1. The van der Waals surface area contributed by atoms with Gasteiger partial charge in [-0.15, -0.1) is 0 Å². The molecule has 0 radical (unpaired) electrons. The lowest BCUT2D eigenvalue weighted by atomic mass is 10.1. The van der Waals surface area contributed by atoms with Crippen LogP contribution in [-0.4, -0.2) is 44.1 Å². The van der Waals surface area contributed by atoms with Crippen LogP contribution in [0.3, 0.4) is 0 Å². The number of benzene rings is 2. The number of carbonyl (C=O) groups excluding carboxylic acids is 2. The van der Waals surface area contributed by atoms with Gasteiger partial charge in [0, 0.05) is 19.4 Å². The molecule has 1 saturated heterocycles. The third kappa shape index (κ3) is 8.55. The van der Waals surface area contributed by atoms with E-state index in [2.05, 4.69) is 15.8 Å². The largest absolute Gasteiger partial charge is 0.467 e. The first kappa shape index (κ1) is 24.2. The maximum Gasteiger partial charge on any atom is 0.414 e. The first-order chi connectivity index (χ1) is 16.1. The quantitative estimate of drug-likeness (QED) is 0.273. The van der Waals surface area contributed by atoms with E-state index in [4.69, 9.17) is 19.0 Å². The minimum absolute atomic E-state index is 0.0754. The van der Waals surface area contributed by atoms with E-state index in [9.17, 15) is 9.59 Å². The Balaban J connectivity index is 1.70. The summed E-state index contributed by atoms with van der Waals surface area (Å²) in [6, 6.07) is 17.8. The van der Waals surface area contributed by atoms with Crippen LogP contribution >= 0.6 is 0 Å². The molecule has 1 aliphatic heterocycles. The van der Waals surface area contributed by atoms with E-state index in [1.54, 1.807) is 0 Å². The molecule has 1 unspecified atom stereocenters.